The minimum absolute atomic E-state index is 0.0876. The molecule has 0 aromatic rings. The normalized spacial score (nSPS) is 31.8. The minimum atomic E-state index is -0.461. The van der Waals surface area contributed by atoms with Crippen molar-refractivity contribution in [1.82, 2.24) is 0 Å². The largest absolute Gasteiger partial charge is 0.436 e. The number of ether oxygens (including phenoxy) is 3. The molecule has 0 aliphatic carbocycles. The Hall–Kier alpha value is -0.870. The highest BCUT2D eigenvalue weighted by molar-refractivity contribution is 5.74. The summed E-state index contributed by atoms with van der Waals surface area (Å²) in [4.78, 5) is 11.9. The molecule has 0 N–H and O–H groups in total. The Bertz CT molecular complexity index is 300. The highest BCUT2D eigenvalue weighted by atomic mass is 16.7. The third kappa shape index (κ3) is 3.07. The van der Waals surface area contributed by atoms with Gasteiger partial charge < -0.3 is 14.2 Å². The zero-order chi connectivity index (χ0) is 12.3. The number of carbonyl (C=O) groups is 1. The van der Waals surface area contributed by atoms with Crippen molar-refractivity contribution in [2.45, 2.75) is 51.6 Å². The first-order chi connectivity index (χ1) is 8.20. The smallest absolute Gasteiger partial charge is 0.314 e. The van der Waals surface area contributed by atoms with Gasteiger partial charge in [-0.2, -0.15) is 0 Å². The Balaban J connectivity index is 1.72. The molecule has 96 valence electrons. The molecule has 0 aromatic heterocycles. The van der Waals surface area contributed by atoms with Gasteiger partial charge in [-0.05, 0) is 19.8 Å². The Morgan fingerprint density at radius 3 is 2.94 bits per heavy atom. The molecule has 4 heteroatoms. The molecule has 4 unspecified atom stereocenters. The molecular weight excluding hydrogens is 220 g/mol. The number of hydrogen-bond donors (Lipinski definition) is 0. The average Bonchev–Trinajstić information content (AvgIpc) is 2.91. The SMILES string of the molecule is CCCCOC(C)OC(=O)C1CC2C=CC1O2. The van der Waals surface area contributed by atoms with E-state index in [2.05, 4.69) is 6.92 Å². The van der Waals surface area contributed by atoms with Gasteiger partial charge in [0, 0.05) is 0 Å². The van der Waals surface area contributed by atoms with Crippen LogP contribution >= 0.6 is 0 Å². The molecule has 2 rings (SSSR count). The lowest BCUT2D eigenvalue weighted by Crippen LogP contribution is -2.29. The molecule has 2 aliphatic heterocycles. The number of fused-ring (bicyclic) bond motifs is 2. The monoisotopic (exact) mass is 240 g/mol. The molecule has 4 atom stereocenters. The van der Waals surface area contributed by atoms with Gasteiger partial charge in [0.1, 0.15) is 0 Å². The number of esters is 1. The second-order valence-corrected chi connectivity index (χ2v) is 4.60. The molecule has 2 aliphatic rings. The lowest BCUT2D eigenvalue weighted by atomic mass is 9.95. The molecule has 1 saturated heterocycles. The van der Waals surface area contributed by atoms with E-state index < -0.39 is 6.29 Å². The molecular formula is C13H20O4. The van der Waals surface area contributed by atoms with Crippen LogP contribution in [-0.2, 0) is 19.0 Å². The van der Waals surface area contributed by atoms with E-state index in [1.165, 1.54) is 0 Å². The van der Waals surface area contributed by atoms with Crippen molar-refractivity contribution in [2.24, 2.45) is 5.92 Å². The van der Waals surface area contributed by atoms with Crippen LogP contribution in [0.25, 0.3) is 0 Å². The third-order valence-corrected chi connectivity index (χ3v) is 3.17. The lowest BCUT2D eigenvalue weighted by molar-refractivity contribution is -0.180. The topological polar surface area (TPSA) is 44.8 Å². The molecule has 17 heavy (non-hydrogen) atoms. The fraction of sp³-hybridized carbons (Fsp3) is 0.769. The van der Waals surface area contributed by atoms with E-state index in [0.29, 0.717) is 6.61 Å². The van der Waals surface area contributed by atoms with Crippen LogP contribution in [-0.4, -0.2) is 31.1 Å². The standard InChI is InChI=1S/C13H20O4/c1-3-4-7-15-9(2)16-13(14)11-8-10-5-6-12(11)17-10/h5-6,9-12H,3-4,7-8H2,1-2H3. The van der Waals surface area contributed by atoms with Crippen molar-refractivity contribution in [1.29, 1.82) is 0 Å². The van der Waals surface area contributed by atoms with Crippen LogP contribution in [0.3, 0.4) is 0 Å². The summed E-state index contributed by atoms with van der Waals surface area (Å²) < 4.78 is 16.2. The average molecular weight is 240 g/mol. The van der Waals surface area contributed by atoms with Crippen molar-refractivity contribution in [3.8, 4) is 0 Å². The van der Waals surface area contributed by atoms with E-state index in [0.717, 1.165) is 19.3 Å². The van der Waals surface area contributed by atoms with Gasteiger partial charge in [-0.15, -0.1) is 0 Å². The molecule has 0 spiro atoms. The third-order valence-electron chi connectivity index (χ3n) is 3.17. The van der Waals surface area contributed by atoms with Gasteiger partial charge in [0.05, 0.1) is 24.7 Å². The Morgan fingerprint density at radius 2 is 2.35 bits per heavy atom. The lowest BCUT2D eigenvalue weighted by Gasteiger charge is -2.18. The summed E-state index contributed by atoms with van der Waals surface area (Å²) in [6, 6.07) is 0. The van der Waals surface area contributed by atoms with Gasteiger partial charge in [0.2, 0.25) is 0 Å². The highest BCUT2D eigenvalue weighted by Crippen LogP contribution is 2.34. The fourth-order valence-electron chi connectivity index (χ4n) is 2.18. The molecule has 2 bridgehead atoms. The van der Waals surface area contributed by atoms with Gasteiger partial charge in [-0.25, -0.2) is 0 Å². The second-order valence-electron chi connectivity index (χ2n) is 4.60. The van der Waals surface area contributed by atoms with Gasteiger partial charge in [-0.3, -0.25) is 4.79 Å². The summed E-state index contributed by atoms with van der Waals surface area (Å²) in [5, 5.41) is 0. The maximum atomic E-state index is 11.9. The van der Waals surface area contributed by atoms with E-state index >= 15 is 0 Å². The summed E-state index contributed by atoms with van der Waals surface area (Å²) in [5.41, 5.74) is 0. The Morgan fingerprint density at radius 1 is 1.53 bits per heavy atom. The van der Waals surface area contributed by atoms with Crippen molar-refractivity contribution >= 4 is 5.97 Å². The maximum absolute atomic E-state index is 11.9. The van der Waals surface area contributed by atoms with E-state index in [1.54, 1.807) is 6.92 Å². The van der Waals surface area contributed by atoms with E-state index in [-0.39, 0.29) is 24.1 Å². The van der Waals surface area contributed by atoms with Gasteiger partial charge >= 0.3 is 5.97 Å². The first kappa shape index (κ1) is 12.6. The first-order valence-electron chi connectivity index (χ1n) is 6.36. The van der Waals surface area contributed by atoms with Crippen LogP contribution in [0.15, 0.2) is 12.2 Å². The zero-order valence-corrected chi connectivity index (χ0v) is 10.4. The van der Waals surface area contributed by atoms with Crippen LogP contribution in [0.5, 0.6) is 0 Å². The van der Waals surface area contributed by atoms with Crippen molar-refractivity contribution in [3.63, 3.8) is 0 Å². The molecule has 0 amide bonds. The number of unbranched alkanes of at least 4 members (excludes halogenated alkanes) is 1. The van der Waals surface area contributed by atoms with E-state index in [1.807, 2.05) is 12.2 Å². The maximum Gasteiger partial charge on any atom is 0.314 e. The number of hydrogen-bond acceptors (Lipinski definition) is 4. The van der Waals surface area contributed by atoms with Crippen LogP contribution in [0.1, 0.15) is 33.1 Å². The first-order valence-corrected chi connectivity index (χ1v) is 6.36. The van der Waals surface area contributed by atoms with Crippen molar-refractivity contribution < 1.29 is 19.0 Å². The molecule has 0 radical (unpaired) electrons. The van der Waals surface area contributed by atoms with Crippen LogP contribution in [0.2, 0.25) is 0 Å². The molecule has 1 fully saturated rings. The molecule has 0 aromatic carbocycles. The van der Waals surface area contributed by atoms with Crippen molar-refractivity contribution in [2.75, 3.05) is 6.61 Å². The predicted molar refractivity (Wildman–Crippen MR) is 62.3 cm³/mol. The second kappa shape index (κ2) is 5.65. The van der Waals surface area contributed by atoms with Gasteiger partial charge in [0.15, 0.2) is 6.29 Å². The number of carbonyl (C=O) groups excluding carboxylic acids is 1. The minimum Gasteiger partial charge on any atom is -0.436 e. The van der Waals surface area contributed by atoms with Gasteiger partial charge in [0.25, 0.3) is 0 Å². The summed E-state index contributed by atoms with van der Waals surface area (Å²) in [7, 11) is 0. The molecule has 0 saturated carbocycles. The fourth-order valence-corrected chi connectivity index (χ4v) is 2.18. The summed E-state index contributed by atoms with van der Waals surface area (Å²) in [6.07, 6.45) is 6.31. The van der Waals surface area contributed by atoms with E-state index in [9.17, 15) is 4.79 Å². The summed E-state index contributed by atoms with van der Waals surface area (Å²) in [6.45, 7) is 4.49. The number of rotatable bonds is 6. The quantitative estimate of drug-likeness (QED) is 0.308. The van der Waals surface area contributed by atoms with Crippen LogP contribution in [0.4, 0.5) is 0 Å². The summed E-state index contributed by atoms with van der Waals surface area (Å²) in [5.74, 6) is -0.354. The Kier molecular flexibility index (Phi) is 4.18. The van der Waals surface area contributed by atoms with Crippen molar-refractivity contribution in [3.05, 3.63) is 12.2 Å². The Labute approximate surface area is 102 Å². The summed E-state index contributed by atoms with van der Waals surface area (Å²) >= 11 is 0. The molecule has 4 nitrogen and oxygen atoms in total. The zero-order valence-electron chi connectivity index (χ0n) is 10.4. The molecule has 2 heterocycles. The van der Waals surface area contributed by atoms with Gasteiger partial charge in [-0.1, -0.05) is 25.5 Å². The van der Waals surface area contributed by atoms with Crippen LogP contribution < -0.4 is 0 Å². The van der Waals surface area contributed by atoms with E-state index in [4.69, 9.17) is 14.2 Å². The van der Waals surface area contributed by atoms with Crippen LogP contribution in [0, 0.1) is 5.92 Å². The highest BCUT2D eigenvalue weighted by Gasteiger charge is 2.42. The predicted octanol–water partition coefficient (Wildman–Crippen LogP) is 2.04.